The Kier molecular flexibility index (Phi) is 3.55. The van der Waals surface area contributed by atoms with E-state index in [9.17, 15) is 0 Å². The highest BCUT2D eigenvalue weighted by atomic mass is 15.3. The summed E-state index contributed by atoms with van der Waals surface area (Å²) in [6.07, 6.45) is 1.04. The van der Waals surface area contributed by atoms with Crippen molar-refractivity contribution in [3.05, 3.63) is 41.6 Å². The third-order valence-electron chi connectivity index (χ3n) is 3.77. The van der Waals surface area contributed by atoms with E-state index < -0.39 is 0 Å². The standard InChI is InChI=1S/C18H24N4/c1-12-10-16(21-18(3,4)5)20-17(19-12)22-13(2)11-14-8-6-7-9-15(14)22/h6-10,13H,11H2,1-5H3,(H,19,20,21). The van der Waals surface area contributed by atoms with Gasteiger partial charge in [0.05, 0.1) is 0 Å². The van der Waals surface area contributed by atoms with E-state index in [4.69, 9.17) is 4.98 Å². The first-order valence-electron chi connectivity index (χ1n) is 7.84. The SMILES string of the molecule is Cc1cc(NC(C)(C)C)nc(N2c3ccccc3CC2C)n1. The monoisotopic (exact) mass is 296 g/mol. The smallest absolute Gasteiger partial charge is 0.232 e. The number of rotatable bonds is 2. The molecule has 0 radical (unpaired) electrons. The maximum Gasteiger partial charge on any atom is 0.232 e. The molecule has 3 rings (SSSR count). The van der Waals surface area contributed by atoms with Crippen LogP contribution in [0.3, 0.4) is 0 Å². The zero-order valence-corrected chi connectivity index (χ0v) is 14.0. The van der Waals surface area contributed by atoms with Crippen LogP contribution in [0.5, 0.6) is 0 Å². The molecule has 2 aromatic rings. The van der Waals surface area contributed by atoms with Crippen molar-refractivity contribution < 1.29 is 0 Å². The number of nitrogens with zero attached hydrogens (tertiary/aromatic N) is 3. The molecule has 1 atom stereocenters. The first-order chi connectivity index (χ1) is 10.3. The average Bonchev–Trinajstić information content (AvgIpc) is 2.71. The lowest BCUT2D eigenvalue weighted by molar-refractivity contribution is 0.629. The molecular weight excluding hydrogens is 272 g/mol. The molecule has 4 heteroatoms. The molecule has 0 aliphatic carbocycles. The van der Waals surface area contributed by atoms with Crippen molar-refractivity contribution in [2.75, 3.05) is 10.2 Å². The maximum atomic E-state index is 4.75. The van der Waals surface area contributed by atoms with Gasteiger partial charge in [-0.2, -0.15) is 4.98 Å². The van der Waals surface area contributed by atoms with E-state index in [2.05, 4.69) is 67.2 Å². The van der Waals surface area contributed by atoms with Crippen molar-refractivity contribution in [3.63, 3.8) is 0 Å². The van der Waals surface area contributed by atoms with E-state index in [0.29, 0.717) is 6.04 Å². The first kappa shape index (κ1) is 14.8. The second-order valence-electron chi connectivity index (χ2n) is 7.12. The van der Waals surface area contributed by atoms with Crippen molar-refractivity contribution in [3.8, 4) is 0 Å². The zero-order chi connectivity index (χ0) is 15.9. The molecule has 2 heterocycles. The Morgan fingerprint density at radius 2 is 1.91 bits per heavy atom. The van der Waals surface area contributed by atoms with Crippen LogP contribution in [0.15, 0.2) is 30.3 Å². The number of aryl methyl sites for hydroxylation is 1. The summed E-state index contributed by atoms with van der Waals surface area (Å²) < 4.78 is 0. The fraction of sp³-hybridized carbons (Fsp3) is 0.444. The van der Waals surface area contributed by atoms with Gasteiger partial charge in [0.1, 0.15) is 5.82 Å². The van der Waals surface area contributed by atoms with Gasteiger partial charge in [0.25, 0.3) is 0 Å². The number of aromatic nitrogens is 2. The molecule has 0 spiro atoms. The molecule has 4 nitrogen and oxygen atoms in total. The second-order valence-corrected chi connectivity index (χ2v) is 7.12. The summed E-state index contributed by atoms with van der Waals surface area (Å²) in [5, 5.41) is 3.45. The van der Waals surface area contributed by atoms with Gasteiger partial charge < -0.3 is 10.2 Å². The van der Waals surface area contributed by atoms with Crippen LogP contribution in [0.25, 0.3) is 0 Å². The normalized spacial score (nSPS) is 17.5. The number of anilines is 3. The van der Waals surface area contributed by atoms with Gasteiger partial charge >= 0.3 is 0 Å². The number of para-hydroxylation sites is 1. The Bertz CT molecular complexity index is 688. The van der Waals surface area contributed by atoms with E-state index >= 15 is 0 Å². The highest BCUT2D eigenvalue weighted by Gasteiger charge is 2.29. The maximum absolute atomic E-state index is 4.75. The fourth-order valence-corrected chi connectivity index (χ4v) is 2.98. The molecule has 1 aromatic carbocycles. The van der Waals surface area contributed by atoms with Gasteiger partial charge in [-0.15, -0.1) is 0 Å². The molecule has 1 aromatic heterocycles. The molecule has 0 fully saturated rings. The lowest BCUT2D eigenvalue weighted by Gasteiger charge is -2.26. The summed E-state index contributed by atoms with van der Waals surface area (Å²) in [7, 11) is 0. The number of hydrogen-bond donors (Lipinski definition) is 1. The molecule has 1 unspecified atom stereocenters. The molecule has 0 bridgehead atoms. The molecule has 0 amide bonds. The Balaban J connectivity index is 2.02. The number of nitrogens with one attached hydrogen (secondary N) is 1. The topological polar surface area (TPSA) is 41.1 Å². The molecule has 116 valence electrons. The van der Waals surface area contributed by atoms with Gasteiger partial charge in [-0.3, -0.25) is 0 Å². The molecular formula is C18H24N4. The summed E-state index contributed by atoms with van der Waals surface area (Å²) in [5.74, 6) is 1.66. The van der Waals surface area contributed by atoms with E-state index in [0.717, 1.165) is 23.9 Å². The van der Waals surface area contributed by atoms with Crippen LogP contribution in [0.1, 0.15) is 39.0 Å². The molecule has 1 N–H and O–H groups in total. The van der Waals surface area contributed by atoms with Crippen molar-refractivity contribution in [1.82, 2.24) is 9.97 Å². The summed E-state index contributed by atoms with van der Waals surface area (Å²) >= 11 is 0. The third-order valence-corrected chi connectivity index (χ3v) is 3.77. The minimum Gasteiger partial charge on any atom is -0.365 e. The first-order valence-corrected chi connectivity index (χ1v) is 7.84. The van der Waals surface area contributed by atoms with Crippen molar-refractivity contribution in [1.29, 1.82) is 0 Å². The molecule has 1 aliphatic heterocycles. The number of hydrogen-bond acceptors (Lipinski definition) is 4. The Morgan fingerprint density at radius 3 is 2.64 bits per heavy atom. The van der Waals surface area contributed by atoms with Gasteiger partial charge in [-0.1, -0.05) is 18.2 Å². The summed E-state index contributed by atoms with van der Waals surface area (Å²) in [4.78, 5) is 11.7. The van der Waals surface area contributed by atoms with Gasteiger partial charge in [0, 0.05) is 29.0 Å². The summed E-state index contributed by atoms with van der Waals surface area (Å²) in [5.41, 5.74) is 3.55. The second kappa shape index (κ2) is 5.27. The largest absolute Gasteiger partial charge is 0.365 e. The van der Waals surface area contributed by atoms with Crippen LogP contribution >= 0.6 is 0 Å². The lowest BCUT2D eigenvalue weighted by atomic mass is 10.1. The Morgan fingerprint density at radius 1 is 1.18 bits per heavy atom. The number of benzene rings is 1. The number of fused-ring (bicyclic) bond motifs is 1. The lowest BCUT2D eigenvalue weighted by Crippen LogP contribution is -2.29. The Hall–Kier alpha value is -2.10. The van der Waals surface area contributed by atoms with Crippen LogP contribution in [0.4, 0.5) is 17.5 Å². The minimum absolute atomic E-state index is 0.0212. The summed E-state index contributed by atoms with van der Waals surface area (Å²) in [6, 6.07) is 10.9. The Labute approximate surface area is 132 Å². The fourth-order valence-electron chi connectivity index (χ4n) is 2.98. The van der Waals surface area contributed by atoms with E-state index in [1.807, 2.05) is 13.0 Å². The van der Waals surface area contributed by atoms with Gasteiger partial charge in [0.2, 0.25) is 5.95 Å². The zero-order valence-electron chi connectivity index (χ0n) is 14.0. The van der Waals surface area contributed by atoms with Crippen LogP contribution in [-0.4, -0.2) is 21.5 Å². The van der Waals surface area contributed by atoms with E-state index in [1.54, 1.807) is 0 Å². The predicted molar refractivity (Wildman–Crippen MR) is 91.9 cm³/mol. The molecule has 0 saturated heterocycles. The van der Waals surface area contributed by atoms with Crippen LogP contribution < -0.4 is 10.2 Å². The van der Waals surface area contributed by atoms with Gasteiger partial charge in [0.15, 0.2) is 0 Å². The van der Waals surface area contributed by atoms with Crippen LogP contribution in [0.2, 0.25) is 0 Å². The predicted octanol–water partition coefficient (Wildman–Crippen LogP) is 4.08. The minimum atomic E-state index is -0.0212. The quantitative estimate of drug-likeness (QED) is 0.906. The van der Waals surface area contributed by atoms with Gasteiger partial charge in [-0.25, -0.2) is 4.98 Å². The van der Waals surface area contributed by atoms with Crippen molar-refractivity contribution >= 4 is 17.5 Å². The highest BCUT2D eigenvalue weighted by Crippen LogP contribution is 2.36. The van der Waals surface area contributed by atoms with E-state index in [1.165, 1.54) is 11.3 Å². The third kappa shape index (κ3) is 2.91. The van der Waals surface area contributed by atoms with Crippen molar-refractivity contribution in [2.45, 2.75) is 52.6 Å². The average molecular weight is 296 g/mol. The van der Waals surface area contributed by atoms with Gasteiger partial charge in [-0.05, 0) is 52.7 Å². The summed E-state index contributed by atoms with van der Waals surface area (Å²) in [6.45, 7) is 10.7. The van der Waals surface area contributed by atoms with Crippen molar-refractivity contribution in [2.24, 2.45) is 0 Å². The molecule has 1 aliphatic rings. The molecule has 0 saturated carbocycles. The highest BCUT2D eigenvalue weighted by molar-refractivity contribution is 5.67. The van der Waals surface area contributed by atoms with Crippen LogP contribution in [0, 0.1) is 6.92 Å². The van der Waals surface area contributed by atoms with Crippen LogP contribution in [-0.2, 0) is 6.42 Å². The molecule has 22 heavy (non-hydrogen) atoms. The van der Waals surface area contributed by atoms with E-state index in [-0.39, 0.29) is 5.54 Å².